The number of hydrogen-bond donors (Lipinski definition) is 2. The number of aliphatic hydroxyl groups excluding tert-OH is 1. The standard InChI is InChI=1S/C16H14ClN3O2/c1-11(21)15(16(22)18-13-5-3-2-4-6-13)20-19-14-9-7-12(17)8-10-14/h2-10,21H,1H3,(H,18,22)/b15-11-,20-19?. The quantitative estimate of drug-likeness (QED) is 0.480. The van der Waals surface area contributed by atoms with Crippen LogP contribution >= 0.6 is 11.6 Å². The molecule has 22 heavy (non-hydrogen) atoms. The summed E-state index contributed by atoms with van der Waals surface area (Å²) in [5.74, 6) is -0.755. The molecule has 0 aliphatic carbocycles. The van der Waals surface area contributed by atoms with Crippen LogP contribution in [0, 0.1) is 0 Å². The molecule has 0 aromatic heterocycles. The fraction of sp³-hybridized carbons (Fsp3) is 0.0625. The van der Waals surface area contributed by atoms with E-state index in [1.165, 1.54) is 6.92 Å². The van der Waals surface area contributed by atoms with Gasteiger partial charge in [0.1, 0.15) is 5.76 Å². The fourth-order valence-electron chi connectivity index (χ4n) is 1.61. The number of aliphatic hydroxyl groups is 1. The number of para-hydroxylation sites is 1. The Morgan fingerprint density at radius 1 is 1.09 bits per heavy atom. The van der Waals surface area contributed by atoms with Crippen LogP contribution in [0.4, 0.5) is 11.4 Å². The first-order valence-corrected chi connectivity index (χ1v) is 6.87. The van der Waals surface area contributed by atoms with E-state index in [0.717, 1.165) is 0 Å². The summed E-state index contributed by atoms with van der Waals surface area (Å²) in [6.07, 6.45) is 0. The van der Waals surface area contributed by atoms with Gasteiger partial charge in [-0.3, -0.25) is 4.79 Å². The summed E-state index contributed by atoms with van der Waals surface area (Å²) < 4.78 is 0. The molecule has 0 bridgehead atoms. The topological polar surface area (TPSA) is 74.0 Å². The zero-order valence-electron chi connectivity index (χ0n) is 11.8. The Balaban J connectivity index is 2.15. The number of allylic oxidation sites excluding steroid dienone is 1. The van der Waals surface area contributed by atoms with Crippen LogP contribution in [0.1, 0.15) is 6.92 Å². The average Bonchev–Trinajstić information content (AvgIpc) is 2.50. The lowest BCUT2D eigenvalue weighted by Crippen LogP contribution is -2.14. The highest BCUT2D eigenvalue weighted by atomic mass is 35.5. The van der Waals surface area contributed by atoms with Gasteiger partial charge in [-0.25, -0.2) is 0 Å². The minimum Gasteiger partial charge on any atom is -0.510 e. The minimum absolute atomic E-state index is 0.154. The fourth-order valence-corrected chi connectivity index (χ4v) is 1.74. The lowest BCUT2D eigenvalue weighted by molar-refractivity contribution is -0.113. The third-order valence-corrected chi connectivity index (χ3v) is 2.93. The molecular weight excluding hydrogens is 302 g/mol. The van der Waals surface area contributed by atoms with Gasteiger partial charge >= 0.3 is 0 Å². The van der Waals surface area contributed by atoms with E-state index in [9.17, 15) is 9.90 Å². The summed E-state index contributed by atoms with van der Waals surface area (Å²) in [5, 5.41) is 20.6. The molecule has 0 aliphatic heterocycles. The second-order valence-corrected chi connectivity index (χ2v) is 4.87. The van der Waals surface area contributed by atoms with Crippen LogP contribution < -0.4 is 5.32 Å². The molecule has 0 spiro atoms. The third kappa shape index (κ3) is 4.43. The van der Waals surface area contributed by atoms with E-state index in [1.54, 1.807) is 48.5 Å². The van der Waals surface area contributed by atoms with Crippen molar-refractivity contribution in [3.05, 3.63) is 71.1 Å². The van der Waals surface area contributed by atoms with Crippen molar-refractivity contribution >= 4 is 28.9 Å². The van der Waals surface area contributed by atoms with Gasteiger partial charge in [0.2, 0.25) is 0 Å². The zero-order chi connectivity index (χ0) is 15.9. The molecule has 1 amide bonds. The molecule has 6 heteroatoms. The molecule has 2 rings (SSSR count). The Morgan fingerprint density at radius 2 is 1.73 bits per heavy atom. The van der Waals surface area contributed by atoms with Crippen LogP contribution in [0.5, 0.6) is 0 Å². The number of benzene rings is 2. The van der Waals surface area contributed by atoms with E-state index in [2.05, 4.69) is 15.5 Å². The third-order valence-electron chi connectivity index (χ3n) is 2.68. The van der Waals surface area contributed by atoms with Crippen LogP contribution in [0.25, 0.3) is 0 Å². The molecular formula is C16H14ClN3O2. The molecule has 0 fully saturated rings. The molecule has 0 aliphatic rings. The van der Waals surface area contributed by atoms with Gasteiger partial charge < -0.3 is 10.4 Å². The minimum atomic E-state index is -0.538. The molecule has 0 radical (unpaired) electrons. The van der Waals surface area contributed by atoms with Gasteiger partial charge in [0.15, 0.2) is 5.70 Å². The first kappa shape index (κ1) is 15.7. The zero-order valence-corrected chi connectivity index (χ0v) is 12.6. The Labute approximate surface area is 133 Å². The van der Waals surface area contributed by atoms with E-state index in [1.807, 2.05) is 6.07 Å². The van der Waals surface area contributed by atoms with Gasteiger partial charge in [-0.2, -0.15) is 5.11 Å². The molecule has 0 saturated carbocycles. The Hall–Kier alpha value is -2.66. The van der Waals surface area contributed by atoms with E-state index in [4.69, 9.17) is 11.6 Å². The smallest absolute Gasteiger partial charge is 0.279 e. The van der Waals surface area contributed by atoms with Crippen molar-refractivity contribution < 1.29 is 9.90 Å². The normalized spacial score (nSPS) is 12.1. The molecule has 0 atom stereocenters. The molecule has 0 heterocycles. The summed E-state index contributed by atoms with van der Waals surface area (Å²) in [6.45, 7) is 1.38. The number of anilines is 1. The number of nitrogens with one attached hydrogen (secondary N) is 1. The van der Waals surface area contributed by atoms with Gasteiger partial charge in [-0.1, -0.05) is 29.8 Å². The second-order valence-electron chi connectivity index (χ2n) is 4.43. The summed E-state index contributed by atoms with van der Waals surface area (Å²) >= 11 is 5.78. The van der Waals surface area contributed by atoms with Crippen LogP contribution in [-0.4, -0.2) is 11.0 Å². The predicted molar refractivity (Wildman–Crippen MR) is 86.4 cm³/mol. The van der Waals surface area contributed by atoms with Crippen molar-refractivity contribution in [2.24, 2.45) is 10.2 Å². The number of halogens is 1. The number of carbonyl (C=O) groups is 1. The van der Waals surface area contributed by atoms with Crippen LogP contribution in [0.15, 0.2) is 76.3 Å². The van der Waals surface area contributed by atoms with Crippen LogP contribution in [0.2, 0.25) is 5.02 Å². The average molecular weight is 316 g/mol. The van der Waals surface area contributed by atoms with Crippen LogP contribution in [-0.2, 0) is 4.79 Å². The first-order chi connectivity index (χ1) is 10.6. The molecule has 2 N–H and O–H groups in total. The molecule has 2 aromatic carbocycles. The molecule has 112 valence electrons. The van der Waals surface area contributed by atoms with E-state index >= 15 is 0 Å². The lowest BCUT2D eigenvalue weighted by atomic mass is 10.3. The van der Waals surface area contributed by atoms with Crippen molar-refractivity contribution in [1.82, 2.24) is 0 Å². The highest BCUT2D eigenvalue weighted by molar-refractivity contribution is 6.30. The Kier molecular flexibility index (Phi) is 5.27. The largest absolute Gasteiger partial charge is 0.510 e. The predicted octanol–water partition coefficient (Wildman–Crippen LogP) is 4.85. The molecule has 2 aromatic rings. The number of amides is 1. The monoisotopic (exact) mass is 315 g/mol. The summed E-state index contributed by atoms with van der Waals surface area (Å²) in [7, 11) is 0. The van der Waals surface area contributed by atoms with Crippen LogP contribution in [0.3, 0.4) is 0 Å². The number of hydrogen-bond acceptors (Lipinski definition) is 4. The van der Waals surface area contributed by atoms with E-state index < -0.39 is 5.91 Å². The van der Waals surface area contributed by atoms with Crippen molar-refractivity contribution in [1.29, 1.82) is 0 Å². The Bertz CT molecular complexity index is 706. The Morgan fingerprint density at radius 3 is 2.32 bits per heavy atom. The maximum absolute atomic E-state index is 12.1. The lowest BCUT2D eigenvalue weighted by Gasteiger charge is -2.05. The van der Waals surface area contributed by atoms with E-state index in [-0.39, 0.29) is 11.5 Å². The number of rotatable bonds is 4. The number of carbonyl (C=O) groups excluding carboxylic acids is 1. The maximum Gasteiger partial charge on any atom is 0.279 e. The summed E-state index contributed by atoms with van der Waals surface area (Å²) in [4.78, 5) is 12.1. The number of nitrogens with zero attached hydrogens (tertiary/aromatic N) is 2. The number of azo groups is 1. The van der Waals surface area contributed by atoms with Gasteiger partial charge in [-0.15, -0.1) is 5.11 Å². The van der Waals surface area contributed by atoms with Gasteiger partial charge in [0.05, 0.1) is 5.69 Å². The maximum atomic E-state index is 12.1. The molecule has 0 saturated heterocycles. The highest BCUT2D eigenvalue weighted by Crippen LogP contribution is 2.19. The van der Waals surface area contributed by atoms with Gasteiger partial charge in [0.25, 0.3) is 5.91 Å². The highest BCUT2D eigenvalue weighted by Gasteiger charge is 2.13. The summed E-state index contributed by atoms with van der Waals surface area (Å²) in [5.41, 5.74) is 0.974. The van der Waals surface area contributed by atoms with Gasteiger partial charge in [0, 0.05) is 10.7 Å². The molecule has 5 nitrogen and oxygen atoms in total. The SMILES string of the molecule is C/C(O)=C(/N=Nc1ccc(Cl)cc1)C(=O)Nc1ccccc1. The van der Waals surface area contributed by atoms with Crippen molar-refractivity contribution in [2.75, 3.05) is 5.32 Å². The first-order valence-electron chi connectivity index (χ1n) is 6.50. The van der Waals surface area contributed by atoms with Crippen molar-refractivity contribution in [2.45, 2.75) is 6.92 Å². The van der Waals surface area contributed by atoms with E-state index in [0.29, 0.717) is 16.4 Å². The second kappa shape index (κ2) is 7.38. The molecule has 0 unspecified atom stereocenters. The van der Waals surface area contributed by atoms with Crippen molar-refractivity contribution in [3.63, 3.8) is 0 Å². The van der Waals surface area contributed by atoms with Crippen molar-refractivity contribution in [3.8, 4) is 0 Å². The van der Waals surface area contributed by atoms with Gasteiger partial charge in [-0.05, 0) is 43.3 Å². The summed E-state index contributed by atoms with van der Waals surface area (Å²) in [6, 6.07) is 15.5.